The second-order valence-electron chi connectivity index (χ2n) is 7.89. The van der Waals surface area contributed by atoms with Gasteiger partial charge in [-0.2, -0.15) is 0 Å². The standard InChI is InChI=1S/C21H27NO3/c1-14-19(20(23)24-13-15-8-4-3-5-9-15)17-12-21(2,22-14)25-18-11-7-6-10-16(17)18/h6-7,10-11,15,17,22H,3-5,8-9,12-13H2,1-2H3. The zero-order valence-corrected chi connectivity index (χ0v) is 15.1. The molecule has 1 saturated carbocycles. The van der Waals surface area contributed by atoms with Gasteiger partial charge in [0.1, 0.15) is 5.75 Å². The Labute approximate surface area is 149 Å². The maximum Gasteiger partial charge on any atom is 0.336 e. The van der Waals surface area contributed by atoms with Gasteiger partial charge in [0.05, 0.1) is 12.2 Å². The SMILES string of the molecule is CC1=C(C(=O)OCC2CCCCC2)C2CC(C)(N1)Oc1ccccc12. The number of para-hydroxylation sites is 1. The lowest BCUT2D eigenvalue weighted by molar-refractivity contribution is -0.141. The predicted molar refractivity (Wildman–Crippen MR) is 96.2 cm³/mol. The number of hydrogen-bond acceptors (Lipinski definition) is 4. The lowest BCUT2D eigenvalue weighted by Gasteiger charge is -2.45. The van der Waals surface area contributed by atoms with Gasteiger partial charge in [0.2, 0.25) is 0 Å². The Morgan fingerprint density at radius 3 is 2.84 bits per heavy atom. The van der Waals surface area contributed by atoms with E-state index >= 15 is 0 Å². The fraction of sp³-hybridized carbons (Fsp3) is 0.571. The number of hydrogen-bond donors (Lipinski definition) is 1. The van der Waals surface area contributed by atoms with E-state index < -0.39 is 5.72 Å². The highest BCUT2D eigenvalue weighted by Crippen LogP contribution is 2.47. The third-order valence-corrected chi connectivity index (χ3v) is 5.82. The van der Waals surface area contributed by atoms with Crippen molar-refractivity contribution in [2.45, 2.75) is 64.0 Å². The van der Waals surface area contributed by atoms with Crippen LogP contribution in [0, 0.1) is 5.92 Å². The fourth-order valence-corrected chi connectivity index (χ4v) is 4.63. The fourth-order valence-electron chi connectivity index (χ4n) is 4.63. The number of carbonyl (C=O) groups excluding carboxylic acids is 1. The van der Waals surface area contributed by atoms with Crippen LogP contribution in [-0.2, 0) is 9.53 Å². The smallest absolute Gasteiger partial charge is 0.336 e. The molecule has 0 spiro atoms. The van der Waals surface area contributed by atoms with Crippen molar-refractivity contribution in [1.82, 2.24) is 5.32 Å². The van der Waals surface area contributed by atoms with Crippen LogP contribution >= 0.6 is 0 Å². The highest BCUT2D eigenvalue weighted by atomic mass is 16.5. The lowest BCUT2D eigenvalue weighted by Crippen LogP contribution is -2.54. The van der Waals surface area contributed by atoms with Crippen molar-refractivity contribution >= 4 is 5.97 Å². The first-order chi connectivity index (χ1) is 12.1. The van der Waals surface area contributed by atoms with E-state index in [2.05, 4.69) is 11.4 Å². The first-order valence-corrected chi connectivity index (χ1v) is 9.50. The second kappa shape index (κ2) is 6.40. The van der Waals surface area contributed by atoms with Crippen molar-refractivity contribution in [2.24, 2.45) is 5.92 Å². The van der Waals surface area contributed by atoms with Gasteiger partial charge in [0, 0.05) is 23.6 Å². The molecule has 4 rings (SSSR count). The third-order valence-electron chi connectivity index (χ3n) is 5.82. The Morgan fingerprint density at radius 2 is 2.04 bits per heavy atom. The topological polar surface area (TPSA) is 47.6 Å². The van der Waals surface area contributed by atoms with Gasteiger partial charge in [-0.1, -0.05) is 37.5 Å². The quantitative estimate of drug-likeness (QED) is 0.834. The molecule has 2 heterocycles. The molecule has 2 aliphatic heterocycles. The number of fused-ring (bicyclic) bond motifs is 4. The molecule has 2 unspecified atom stereocenters. The summed E-state index contributed by atoms with van der Waals surface area (Å²) in [5.41, 5.74) is 2.27. The molecule has 25 heavy (non-hydrogen) atoms. The Balaban J connectivity index is 1.56. The van der Waals surface area contributed by atoms with Gasteiger partial charge in [-0.25, -0.2) is 4.79 Å². The van der Waals surface area contributed by atoms with Gasteiger partial charge in [0.25, 0.3) is 0 Å². The highest BCUT2D eigenvalue weighted by Gasteiger charge is 2.45. The number of benzene rings is 1. The molecule has 1 N–H and O–H groups in total. The van der Waals surface area contributed by atoms with E-state index in [1.54, 1.807) is 0 Å². The summed E-state index contributed by atoms with van der Waals surface area (Å²) < 4.78 is 11.9. The van der Waals surface area contributed by atoms with Crippen LogP contribution in [0.4, 0.5) is 0 Å². The summed E-state index contributed by atoms with van der Waals surface area (Å²) in [6.07, 6.45) is 6.95. The van der Waals surface area contributed by atoms with E-state index in [0.29, 0.717) is 12.5 Å². The molecule has 0 amide bonds. The summed E-state index contributed by atoms with van der Waals surface area (Å²) in [6.45, 7) is 4.56. The van der Waals surface area contributed by atoms with Crippen LogP contribution in [-0.4, -0.2) is 18.3 Å². The van der Waals surface area contributed by atoms with Crippen molar-refractivity contribution in [3.05, 3.63) is 41.1 Å². The molecule has 0 saturated heterocycles. The number of carbonyl (C=O) groups is 1. The Morgan fingerprint density at radius 1 is 1.28 bits per heavy atom. The van der Waals surface area contributed by atoms with E-state index in [9.17, 15) is 4.79 Å². The number of rotatable bonds is 3. The van der Waals surface area contributed by atoms with Crippen LogP contribution < -0.4 is 10.1 Å². The summed E-state index contributed by atoms with van der Waals surface area (Å²) in [6, 6.07) is 8.02. The van der Waals surface area contributed by atoms with E-state index in [-0.39, 0.29) is 11.9 Å². The number of allylic oxidation sites excluding steroid dienone is 1. The zero-order chi connectivity index (χ0) is 17.4. The predicted octanol–water partition coefficient (Wildman–Crippen LogP) is 4.27. The van der Waals surface area contributed by atoms with Crippen LogP contribution in [0.5, 0.6) is 5.75 Å². The van der Waals surface area contributed by atoms with Gasteiger partial charge < -0.3 is 14.8 Å². The summed E-state index contributed by atoms with van der Waals surface area (Å²) in [5, 5.41) is 3.39. The average molecular weight is 341 g/mol. The van der Waals surface area contributed by atoms with Gasteiger partial charge in [-0.3, -0.25) is 0 Å². The van der Waals surface area contributed by atoms with E-state index in [1.807, 2.05) is 32.0 Å². The van der Waals surface area contributed by atoms with Gasteiger partial charge in [-0.15, -0.1) is 0 Å². The van der Waals surface area contributed by atoms with Crippen molar-refractivity contribution in [3.8, 4) is 5.75 Å². The molecule has 2 atom stereocenters. The molecule has 134 valence electrons. The summed E-state index contributed by atoms with van der Waals surface area (Å²) in [4.78, 5) is 12.9. The van der Waals surface area contributed by atoms with Crippen molar-refractivity contribution < 1.29 is 14.3 Å². The zero-order valence-electron chi connectivity index (χ0n) is 15.1. The molecule has 0 radical (unpaired) electrons. The molecule has 0 aromatic heterocycles. The van der Waals surface area contributed by atoms with Crippen LogP contribution in [0.3, 0.4) is 0 Å². The van der Waals surface area contributed by atoms with Gasteiger partial charge >= 0.3 is 5.97 Å². The maximum absolute atomic E-state index is 12.9. The maximum atomic E-state index is 12.9. The van der Waals surface area contributed by atoms with E-state index in [4.69, 9.17) is 9.47 Å². The summed E-state index contributed by atoms with van der Waals surface area (Å²) in [7, 11) is 0. The minimum absolute atomic E-state index is 0.0371. The number of nitrogens with one attached hydrogen (secondary N) is 1. The van der Waals surface area contributed by atoms with Crippen LogP contribution in [0.1, 0.15) is 63.9 Å². The molecule has 2 bridgehead atoms. The summed E-state index contributed by atoms with van der Waals surface area (Å²) in [5.74, 6) is 1.26. The van der Waals surface area contributed by atoms with Crippen LogP contribution in [0.2, 0.25) is 0 Å². The Bertz CT molecular complexity index is 705. The Kier molecular flexibility index (Phi) is 4.22. The molecule has 1 fully saturated rings. The van der Waals surface area contributed by atoms with Crippen molar-refractivity contribution in [3.63, 3.8) is 0 Å². The number of esters is 1. The highest BCUT2D eigenvalue weighted by molar-refractivity contribution is 5.91. The second-order valence-corrected chi connectivity index (χ2v) is 7.89. The molecule has 3 aliphatic rings. The summed E-state index contributed by atoms with van der Waals surface area (Å²) >= 11 is 0. The van der Waals surface area contributed by atoms with Crippen molar-refractivity contribution in [2.75, 3.05) is 6.61 Å². The van der Waals surface area contributed by atoms with Crippen LogP contribution in [0.25, 0.3) is 0 Å². The lowest BCUT2D eigenvalue weighted by atomic mass is 9.78. The molecular formula is C21H27NO3. The largest absolute Gasteiger partial charge is 0.468 e. The van der Waals surface area contributed by atoms with Crippen molar-refractivity contribution in [1.29, 1.82) is 0 Å². The first kappa shape index (κ1) is 16.5. The molecule has 4 heteroatoms. The molecule has 1 aromatic carbocycles. The third kappa shape index (κ3) is 3.14. The monoisotopic (exact) mass is 341 g/mol. The molecule has 4 nitrogen and oxygen atoms in total. The van der Waals surface area contributed by atoms with E-state index in [1.165, 1.54) is 32.1 Å². The Hall–Kier alpha value is -1.97. The number of ether oxygens (including phenoxy) is 2. The molecule has 1 aromatic rings. The van der Waals surface area contributed by atoms with Gasteiger partial charge in [-0.05, 0) is 38.7 Å². The minimum Gasteiger partial charge on any atom is -0.468 e. The van der Waals surface area contributed by atoms with E-state index in [0.717, 1.165) is 29.0 Å². The normalized spacial score (nSPS) is 28.6. The average Bonchev–Trinajstić information content (AvgIpc) is 2.60. The van der Waals surface area contributed by atoms with Gasteiger partial charge in [0.15, 0.2) is 5.72 Å². The molecular weight excluding hydrogens is 314 g/mol. The first-order valence-electron chi connectivity index (χ1n) is 9.50. The molecule has 1 aliphatic carbocycles. The van der Waals surface area contributed by atoms with Crippen LogP contribution in [0.15, 0.2) is 35.5 Å². The minimum atomic E-state index is -0.462.